The van der Waals surface area contributed by atoms with Crippen molar-refractivity contribution in [3.05, 3.63) is 29.8 Å². The van der Waals surface area contributed by atoms with Crippen LogP contribution in [-0.4, -0.2) is 30.7 Å². The van der Waals surface area contributed by atoms with Crippen molar-refractivity contribution in [1.82, 2.24) is 0 Å². The van der Waals surface area contributed by atoms with Crippen LogP contribution in [0.2, 0.25) is 0 Å². The highest BCUT2D eigenvalue weighted by molar-refractivity contribution is 5.90. The number of aliphatic carboxylic acids is 1. The second kappa shape index (κ2) is 8.32. The first kappa shape index (κ1) is 16.2. The first-order valence-electron chi connectivity index (χ1n) is 6.63. The molecule has 0 fully saturated rings. The van der Waals surface area contributed by atoms with Gasteiger partial charge in [-0.3, -0.25) is 9.59 Å². The molecule has 20 heavy (non-hydrogen) atoms. The quantitative estimate of drug-likeness (QED) is 0.716. The van der Waals surface area contributed by atoms with Gasteiger partial charge in [0.15, 0.2) is 0 Å². The summed E-state index contributed by atoms with van der Waals surface area (Å²) in [6.07, 6.45) is 1.60. The number of hydrogen-bond donors (Lipinski definition) is 2. The third kappa shape index (κ3) is 5.84. The van der Waals surface area contributed by atoms with Crippen molar-refractivity contribution in [3.8, 4) is 0 Å². The van der Waals surface area contributed by atoms with Crippen LogP contribution >= 0.6 is 0 Å². The molecule has 1 aromatic rings. The second-order valence-electron chi connectivity index (χ2n) is 4.78. The van der Waals surface area contributed by atoms with Gasteiger partial charge in [0.2, 0.25) is 5.91 Å². The average molecular weight is 279 g/mol. The molecule has 0 aliphatic carbocycles. The van der Waals surface area contributed by atoms with Gasteiger partial charge in [0.05, 0.1) is 5.92 Å². The standard InChI is InChI=1S/C15H21NO4/c1-11(15(18)19)10-12-5-7-13(8-6-12)16-14(17)4-3-9-20-2/h5-8,11H,3-4,9-10H2,1-2H3,(H,16,17)(H,18,19). The topological polar surface area (TPSA) is 75.6 Å². The minimum Gasteiger partial charge on any atom is -0.481 e. The molecule has 0 saturated heterocycles. The number of ether oxygens (including phenoxy) is 1. The minimum atomic E-state index is -0.805. The lowest BCUT2D eigenvalue weighted by molar-refractivity contribution is -0.141. The number of benzene rings is 1. The van der Waals surface area contributed by atoms with Crippen LogP contribution in [0.15, 0.2) is 24.3 Å². The van der Waals surface area contributed by atoms with Crippen LogP contribution in [0.5, 0.6) is 0 Å². The van der Waals surface area contributed by atoms with E-state index in [4.69, 9.17) is 9.84 Å². The Labute approximate surface area is 118 Å². The highest BCUT2D eigenvalue weighted by atomic mass is 16.5. The molecule has 0 radical (unpaired) electrons. The van der Waals surface area contributed by atoms with E-state index in [1.54, 1.807) is 26.2 Å². The zero-order chi connectivity index (χ0) is 15.0. The lowest BCUT2D eigenvalue weighted by atomic mass is 10.0. The third-order valence-electron chi connectivity index (χ3n) is 2.95. The summed E-state index contributed by atoms with van der Waals surface area (Å²) in [4.78, 5) is 22.4. The number of methoxy groups -OCH3 is 1. The zero-order valence-corrected chi connectivity index (χ0v) is 11.9. The molecule has 1 amide bonds. The van der Waals surface area contributed by atoms with Crippen LogP contribution in [0.1, 0.15) is 25.3 Å². The first-order chi connectivity index (χ1) is 9.52. The van der Waals surface area contributed by atoms with Crippen molar-refractivity contribution in [1.29, 1.82) is 0 Å². The first-order valence-corrected chi connectivity index (χ1v) is 6.63. The van der Waals surface area contributed by atoms with Crippen LogP contribution in [0.25, 0.3) is 0 Å². The fourth-order valence-electron chi connectivity index (χ4n) is 1.77. The van der Waals surface area contributed by atoms with E-state index in [-0.39, 0.29) is 5.91 Å². The van der Waals surface area contributed by atoms with Crippen LogP contribution in [0.3, 0.4) is 0 Å². The normalized spacial score (nSPS) is 11.9. The van der Waals surface area contributed by atoms with Gasteiger partial charge in [0.25, 0.3) is 0 Å². The maximum absolute atomic E-state index is 11.6. The molecule has 0 aromatic heterocycles. The van der Waals surface area contributed by atoms with Gasteiger partial charge in [-0.1, -0.05) is 19.1 Å². The largest absolute Gasteiger partial charge is 0.481 e. The predicted molar refractivity (Wildman–Crippen MR) is 76.7 cm³/mol. The Hall–Kier alpha value is -1.88. The Morgan fingerprint density at radius 2 is 1.95 bits per heavy atom. The Bertz CT molecular complexity index is 442. The van der Waals surface area contributed by atoms with E-state index in [0.717, 1.165) is 11.3 Å². The molecule has 1 aromatic carbocycles. The van der Waals surface area contributed by atoms with Crippen molar-refractivity contribution in [2.24, 2.45) is 5.92 Å². The molecule has 110 valence electrons. The monoisotopic (exact) mass is 279 g/mol. The molecule has 0 bridgehead atoms. The molecule has 0 saturated carbocycles. The molecule has 1 rings (SSSR count). The van der Waals surface area contributed by atoms with Gasteiger partial charge in [-0.25, -0.2) is 0 Å². The number of rotatable bonds is 8. The molecule has 0 spiro atoms. The Morgan fingerprint density at radius 3 is 2.50 bits per heavy atom. The number of carboxylic acid groups (broad SMARTS) is 1. The van der Waals surface area contributed by atoms with E-state index >= 15 is 0 Å². The summed E-state index contributed by atoms with van der Waals surface area (Å²) >= 11 is 0. The van der Waals surface area contributed by atoms with Crippen LogP contribution in [0.4, 0.5) is 5.69 Å². The molecule has 5 nitrogen and oxygen atoms in total. The molecular weight excluding hydrogens is 258 g/mol. The minimum absolute atomic E-state index is 0.0475. The van der Waals surface area contributed by atoms with E-state index in [0.29, 0.717) is 25.9 Å². The summed E-state index contributed by atoms with van der Waals surface area (Å²) in [6.45, 7) is 2.24. The number of carbonyl (C=O) groups is 2. The highest BCUT2D eigenvalue weighted by Crippen LogP contribution is 2.14. The van der Waals surface area contributed by atoms with E-state index in [1.807, 2.05) is 12.1 Å². The number of carbonyl (C=O) groups excluding carboxylic acids is 1. The van der Waals surface area contributed by atoms with E-state index in [1.165, 1.54) is 0 Å². The van der Waals surface area contributed by atoms with Gasteiger partial charge in [-0.2, -0.15) is 0 Å². The van der Waals surface area contributed by atoms with Gasteiger partial charge in [-0.15, -0.1) is 0 Å². The molecule has 5 heteroatoms. The van der Waals surface area contributed by atoms with Crippen LogP contribution in [0, 0.1) is 5.92 Å². The van der Waals surface area contributed by atoms with Crippen molar-refractivity contribution in [2.45, 2.75) is 26.2 Å². The maximum Gasteiger partial charge on any atom is 0.306 e. The van der Waals surface area contributed by atoms with Gasteiger partial charge in [-0.05, 0) is 30.5 Å². The summed E-state index contributed by atoms with van der Waals surface area (Å²) in [5, 5.41) is 11.6. The summed E-state index contributed by atoms with van der Waals surface area (Å²) in [6, 6.07) is 7.25. The molecular formula is C15H21NO4. The highest BCUT2D eigenvalue weighted by Gasteiger charge is 2.11. The van der Waals surface area contributed by atoms with Gasteiger partial charge in [0, 0.05) is 25.8 Å². The second-order valence-corrected chi connectivity index (χ2v) is 4.78. The summed E-state index contributed by atoms with van der Waals surface area (Å²) in [7, 11) is 1.61. The number of hydrogen-bond acceptors (Lipinski definition) is 3. The molecule has 0 heterocycles. The SMILES string of the molecule is COCCCC(=O)Nc1ccc(CC(C)C(=O)O)cc1. The Balaban J connectivity index is 2.46. The van der Waals surface area contributed by atoms with Crippen molar-refractivity contribution in [2.75, 3.05) is 19.0 Å². The molecule has 0 aliphatic rings. The lowest BCUT2D eigenvalue weighted by Gasteiger charge is -2.08. The smallest absolute Gasteiger partial charge is 0.306 e. The molecule has 2 N–H and O–H groups in total. The predicted octanol–water partition coefficient (Wildman–Crippen LogP) is 2.31. The molecule has 1 unspecified atom stereocenters. The third-order valence-corrected chi connectivity index (χ3v) is 2.95. The van der Waals surface area contributed by atoms with Gasteiger partial charge < -0.3 is 15.2 Å². The van der Waals surface area contributed by atoms with Crippen molar-refractivity contribution < 1.29 is 19.4 Å². The Morgan fingerprint density at radius 1 is 1.30 bits per heavy atom. The van der Waals surface area contributed by atoms with Gasteiger partial charge in [0.1, 0.15) is 0 Å². The van der Waals surface area contributed by atoms with Crippen LogP contribution in [-0.2, 0) is 20.7 Å². The lowest BCUT2D eigenvalue weighted by Crippen LogP contribution is -2.13. The summed E-state index contributed by atoms with van der Waals surface area (Å²) in [5.74, 6) is -1.27. The Kier molecular flexibility index (Phi) is 6.73. The number of amides is 1. The van der Waals surface area contributed by atoms with Gasteiger partial charge >= 0.3 is 5.97 Å². The van der Waals surface area contributed by atoms with E-state index in [2.05, 4.69) is 5.32 Å². The van der Waals surface area contributed by atoms with Crippen molar-refractivity contribution >= 4 is 17.6 Å². The summed E-state index contributed by atoms with van der Waals surface area (Å²) < 4.78 is 4.89. The number of anilines is 1. The number of nitrogens with one attached hydrogen (secondary N) is 1. The van der Waals surface area contributed by atoms with E-state index < -0.39 is 11.9 Å². The maximum atomic E-state index is 11.6. The fourth-order valence-corrected chi connectivity index (χ4v) is 1.77. The zero-order valence-electron chi connectivity index (χ0n) is 11.9. The fraction of sp³-hybridized carbons (Fsp3) is 0.467. The van der Waals surface area contributed by atoms with E-state index in [9.17, 15) is 9.59 Å². The van der Waals surface area contributed by atoms with Crippen molar-refractivity contribution in [3.63, 3.8) is 0 Å². The van der Waals surface area contributed by atoms with Crippen LogP contribution < -0.4 is 5.32 Å². The molecule has 0 aliphatic heterocycles. The summed E-state index contributed by atoms with van der Waals surface area (Å²) in [5.41, 5.74) is 1.66. The average Bonchev–Trinajstić information content (AvgIpc) is 2.41. The molecule has 1 atom stereocenters. The number of carboxylic acids is 1.